The van der Waals surface area contributed by atoms with Crippen molar-refractivity contribution >= 4 is 23.0 Å². The number of fused-ring (bicyclic) bond motifs is 2. The van der Waals surface area contributed by atoms with Crippen LogP contribution in [0.3, 0.4) is 0 Å². The summed E-state index contributed by atoms with van der Waals surface area (Å²) in [6.07, 6.45) is 7.17. The van der Waals surface area contributed by atoms with E-state index in [0.717, 1.165) is 28.4 Å². The Kier molecular flexibility index (Phi) is 4.44. The predicted molar refractivity (Wildman–Crippen MR) is 90.7 cm³/mol. The molecule has 0 saturated heterocycles. The summed E-state index contributed by atoms with van der Waals surface area (Å²) in [6.45, 7) is 4.16. The molecule has 0 heterocycles. The standard InChI is InChI=1S/C17H22N2OS/c1-2-9-20-15-7-5-14(6-8-15)18-17(21)19-16-11-12-3-4-13(16)10-12/h2,5-8,12-13,16H,1,3-4,9-11H2,(H2,18,19,21)/t12-,13-,16+/m1/s1. The van der Waals surface area contributed by atoms with Gasteiger partial charge in [0.05, 0.1) is 0 Å². The Labute approximate surface area is 131 Å². The van der Waals surface area contributed by atoms with Gasteiger partial charge in [-0.15, -0.1) is 0 Å². The lowest BCUT2D eigenvalue weighted by Crippen LogP contribution is -2.40. The summed E-state index contributed by atoms with van der Waals surface area (Å²) in [5, 5.41) is 7.47. The Bertz CT molecular complexity index is 514. The van der Waals surface area contributed by atoms with Gasteiger partial charge in [-0.25, -0.2) is 0 Å². The third-order valence-electron chi connectivity index (χ3n) is 4.53. The number of nitrogens with one attached hydrogen (secondary N) is 2. The van der Waals surface area contributed by atoms with Gasteiger partial charge in [0.15, 0.2) is 5.11 Å². The quantitative estimate of drug-likeness (QED) is 0.641. The molecule has 2 aliphatic carbocycles. The smallest absolute Gasteiger partial charge is 0.171 e. The second-order valence-corrected chi connectivity index (χ2v) is 6.41. The zero-order valence-electron chi connectivity index (χ0n) is 12.2. The van der Waals surface area contributed by atoms with Gasteiger partial charge in [0, 0.05) is 11.7 Å². The molecule has 3 rings (SSSR count). The second-order valence-electron chi connectivity index (χ2n) is 6.00. The first-order chi connectivity index (χ1) is 10.2. The van der Waals surface area contributed by atoms with Crippen LogP contribution in [0.15, 0.2) is 36.9 Å². The van der Waals surface area contributed by atoms with Gasteiger partial charge < -0.3 is 15.4 Å². The first-order valence-electron chi connectivity index (χ1n) is 7.66. The van der Waals surface area contributed by atoms with Crippen LogP contribution in [-0.4, -0.2) is 17.8 Å². The number of rotatable bonds is 5. The Morgan fingerprint density at radius 2 is 2.10 bits per heavy atom. The van der Waals surface area contributed by atoms with E-state index in [4.69, 9.17) is 17.0 Å². The van der Waals surface area contributed by atoms with E-state index in [2.05, 4.69) is 17.2 Å². The molecular formula is C17H22N2OS. The van der Waals surface area contributed by atoms with E-state index in [1.165, 1.54) is 25.7 Å². The van der Waals surface area contributed by atoms with Gasteiger partial charge in [-0.3, -0.25) is 0 Å². The largest absolute Gasteiger partial charge is 0.490 e. The van der Waals surface area contributed by atoms with Gasteiger partial charge in [0.25, 0.3) is 0 Å². The van der Waals surface area contributed by atoms with E-state index < -0.39 is 0 Å². The van der Waals surface area contributed by atoms with E-state index in [-0.39, 0.29) is 0 Å². The lowest BCUT2D eigenvalue weighted by Gasteiger charge is -2.24. The van der Waals surface area contributed by atoms with Gasteiger partial charge in [0.1, 0.15) is 12.4 Å². The minimum Gasteiger partial charge on any atom is -0.490 e. The van der Waals surface area contributed by atoms with Crippen molar-refractivity contribution < 1.29 is 4.74 Å². The Morgan fingerprint density at radius 3 is 2.71 bits per heavy atom. The number of benzene rings is 1. The van der Waals surface area contributed by atoms with Crippen LogP contribution in [0.25, 0.3) is 0 Å². The van der Waals surface area contributed by atoms with Crippen LogP contribution in [0.1, 0.15) is 25.7 Å². The maximum Gasteiger partial charge on any atom is 0.171 e. The maximum atomic E-state index is 5.46. The van der Waals surface area contributed by atoms with E-state index in [9.17, 15) is 0 Å². The summed E-state index contributed by atoms with van der Waals surface area (Å²) in [4.78, 5) is 0. The SMILES string of the molecule is C=CCOc1ccc(NC(=S)N[C@H]2C[C@@H]3CC[C@@H]2C3)cc1. The van der Waals surface area contributed by atoms with Gasteiger partial charge in [-0.2, -0.15) is 0 Å². The molecule has 0 aliphatic heterocycles. The Balaban J connectivity index is 1.49. The topological polar surface area (TPSA) is 33.3 Å². The van der Waals surface area contributed by atoms with Gasteiger partial charge in [-0.1, -0.05) is 19.1 Å². The molecule has 2 saturated carbocycles. The molecule has 0 spiro atoms. The molecule has 2 fully saturated rings. The highest BCUT2D eigenvalue weighted by molar-refractivity contribution is 7.80. The highest BCUT2D eigenvalue weighted by atomic mass is 32.1. The predicted octanol–water partition coefficient (Wildman–Crippen LogP) is 3.73. The summed E-state index contributed by atoms with van der Waals surface area (Å²) in [6, 6.07) is 8.40. The highest BCUT2D eigenvalue weighted by Crippen LogP contribution is 2.44. The number of hydrogen-bond acceptors (Lipinski definition) is 2. The number of ether oxygens (including phenoxy) is 1. The maximum absolute atomic E-state index is 5.46. The van der Waals surface area contributed by atoms with Crippen LogP contribution in [0.4, 0.5) is 5.69 Å². The van der Waals surface area contributed by atoms with Crippen molar-refractivity contribution in [3.8, 4) is 5.75 Å². The third-order valence-corrected chi connectivity index (χ3v) is 4.75. The van der Waals surface area contributed by atoms with Crippen LogP contribution in [0, 0.1) is 11.8 Å². The lowest BCUT2D eigenvalue weighted by atomic mass is 9.96. The van der Waals surface area contributed by atoms with Crippen molar-refractivity contribution in [2.75, 3.05) is 11.9 Å². The van der Waals surface area contributed by atoms with E-state index in [1.807, 2.05) is 24.3 Å². The van der Waals surface area contributed by atoms with E-state index in [0.29, 0.717) is 12.6 Å². The first-order valence-corrected chi connectivity index (χ1v) is 8.06. The highest BCUT2D eigenvalue weighted by Gasteiger charge is 2.39. The molecule has 1 aromatic rings. The molecule has 0 unspecified atom stereocenters. The fourth-order valence-electron chi connectivity index (χ4n) is 3.55. The fourth-order valence-corrected chi connectivity index (χ4v) is 3.82. The molecule has 0 aromatic heterocycles. The van der Waals surface area contributed by atoms with Crippen LogP contribution in [0.5, 0.6) is 5.75 Å². The normalized spacial score (nSPS) is 26.4. The molecule has 3 nitrogen and oxygen atoms in total. The van der Waals surface area contributed by atoms with Crippen molar-refractivity contribution in [2.45, 2.75) is 31.7 Å². The van der Waals surface area contributed by atoms with Crippen LogP contribution < -0.4 is 15.4 Å². The zero-order valence-corrected chi connectivity index (χ0v) is 13.0. The molecule has 3 atom stereocenters. The molecule has 0 radical (unpaired) electrons. The molecule has 2 N–H and O–H groups in total. The molecule has 1 aromatic carbocycles. The number of thiocarbonyl (C=S) groups is 1. The van der Waals surface area contributed by atoms with Crippen LogP contribution >= 0.6 is 12.2 Å². The first kappa shape index (κ1) is 14.4. The number of hydrogen-bond donors (Lipinski definition) is 2. The Morgan fingerprint density at radius 1 is 1.29 bits per heavy atom. The van der Waals surface area contributed by atoms with Crippen molar-refractivity contribution in [2.24, 2.45) is 11.8 Å². The average molecular weight is 302 g/mol. The van der Waals surface area contributed by atoms with Crippen LogP contribution in [-0.2, 0) is 0 Å². The van der Waals surface area contributed by atoms with Crippen molar-refractivity contribution in [1.82, 2.24) is 5.32 Å². The van der Waals surface area contributed by atoms with E-state index in [1.54, 1.807) is 6.08 Å². The van der Waals surface area contributed by atoms with Gasteiger partial charge >= 0.3 is 0 Å². The van der Waals surface area contributed by atoms with Crippen molar-refractivity contribution in [1.29, 1.82) is 0 Å². The molecular weight excluding hydrogens is 280 g/mol. The monoisotopic (exact) mass is 302 g/mol. The van der Waals surface area contributed by atoms with Crippen LogP contribution in [0.2, 0.25) is 0 Å². The zero-order chi connectivity index (χ0) is 14.7. The average Bonchev–Trinajstić information content (AvgIpc) is 3.09. The van der Waals surface area contributed by atoms with Crippen molar-refractivity contribution in [3.63, 3.8) is 0 Å². The van der Waals surface area contributed by atoms with Gasteiger partial charge in [-0.05, 0) is 67.6 Å². The lowest BCUT2D eigenvalue weighted by molar-refractivity contribution is 0.363. The fraction of sp³-hybridized carbons (Fsp3) is 0.471. The molecule has 21 heavy (non-hydrogen) atoms. The molecule has 2 aliphatic rings. The molecule has 0 amide bonds. The molecule has 4 heteroatoms. The number of anilines is 1. The molecule has 112 valence electrons. The van der Waals surface area contributed by atoms with Crippen molar-refractivity contribution in [3.05, 3.63) is 36.9 Å². The van der Waals surface area contributed by atoms with E-state index >= 15 is 0 Å². The second kappa shape index (κ2) is 6.48. The third kappa shape index (κ3) is 3.56. The summed E-state index contributed by atoms with van der Waals surface area (Å²) in [7, 11) is 0. The summed E-state index contributed by atoms with van der Waals surface area (Å²) >= 11 is 5.42. The summed E-state index contributed by atoms with van der Waals surface area (Å²) in [5.74, 6) is 2.59. The minimum atomic E-state index is 0.525. The Hall–Kier alpha value is -1.55. The molecule has 2 bridgehead atoms. The minimum absolute atomic E-state index is 0.525. The summed E-state index contributed by atoms with van der Waals surface area (Å²) in [5.41, 5.74) is 0.988. The summed E-state index contributed by atoms with van der Waals surface area (Å²) < 4.78 is 5.46. The van der Waals surface area contributed by atoms with Gasteiger partial charge in [0.2, 0.25) is 0 Å².